The van der Waals surface area contributed by atoms with Gasteiger partial charge in [0.25, 0.3) is 0 Å². The van der Waals surface area contributed by atoms with Crippen molar-refractivity contribution in [3.8, 4) is 11.4 Å². The number of carbonyl (C=O) groups is 1. The van der Waals surface area contributed by atoms with Gasteiger partial charge in [0.1, 0.15) is 0 Å². The van der Waals surface area contributed by atoms with Gasteiger partial charge in [0.2, 0.25) is 15.9 Å². The van der Waals surface area contributed by atoms with Crippen molar-refractivity contribution < 1.29 is 22.7 Å². The maximum atomic E-state index is 13.2. The summed E-state index contributed by atoms with van der Waals surface area (Å²) in [6.07, 6.45) is 2.93. The molecule has 4 rings (SSSR count). The van der Waals surface area contributed by atoms with E-state index in [1.165, 1.54) is 16.1 Å². The number of nitrogens with zero attached hydrogens (tertiary/aromatic N) is 4. The topological polar surface area (TPSA) is 116 Å². The van der Waals surface area contributed by atoms with Crippen molar-refractivity contribution in [1.82, 2.24) is 24.4 Å². The summed E-state index contributed by atoms with van der Waals surface area (Å²) in [5, 5.41) is 12.3. The van der Waals surface area contributed by atoms with Crippen LogP contribution in [0.4, 0.5) is 0 Å². The minimum atomic E-state index is -3.63. The number of thioether (sulfide) groups is 1. The summed E-state index contributed by atoms with van der Waals surface area (Å²) in [6, 6.07) is 6.88. The number of hydrogen-bond donors (Lipinski definition) is 1. The second kappa shape index (κ2) is 11.8. The summed E-state index contributed by atoms with van der Waals surface area (Å²) >= 11 is 1.33. The van der Waals surface area contributed by atoms with Gasteiger partial charge in [-0.3, -0.25) is 9.36 Å². The average molecular weight is 524 g/mol. The SMILES string of the molecule is CC[C@H](C)n1c(SCC(=O)NC[C@@H]2CCCO2)nnc1-c1cccc(S(=O)(=O)N2CCOCC2)c1. The second-order valence-corrected chi connectivity index (χ2v) is 11.6. The fraction of sp³-hybridized carbons (Fsp3) is 0.609. The van der Waals surface area contributed by atoms with E-state index in [2.05, 4.69) is 29.4 Å². The Kier molecular flexibility index (Phi) is 8.82. The number of benzene rings is 1. The average Bonchev–Trinajstić information content (AvgIpc) is 3.56. The molecule has 0 unspecified atom stereocenters. The Morgan fingerprint density at radius 1 is 1.26 bits per heavy atom. The number of sulfonamides is 1. The fourth-order valence-corrected chi connectivity index (χ4v) is 6.42. The molecule has 192 valence electrons. The molecular weight excluding hydrogens is 490 g/mol. The Labute approximate surface area is 210 Å². The van der Waals surface area contributed by atoms with Gasteiger partial charge in [0.05, 0.1) is 30.0 Å². The van der Waals surface area contributed by atoms with Crippen molar-refractivity contribution in [3.63, 3.8) is 0 Å². The summed E-state index contributed by atoms with van der Waals surface area (Å²) < 4.78 is 40.6. The van der Waals surface area contributed by atoms with Gasteiger partial charge in [-0.2, -0.15) is 4.31 Å². The molecule has 1 amide bonds. The van der Waals surface area contributed by atoms with E-state index in [1.54, 1.807) is 18.2 Å². The molecule has 0 spiro atoms. The van der Waals surface area contributed by atoms with Crippen LogP contribution in [0.1, 0.15) is 39.2 Å². The third-order valence-electron chi connectivity index (χ3n) is 6.28. The monoisotopic (exact) mass is 523 g/mol. The highest BCUT2D eigenvalue weighted by Gasteiger charge is 2.27. The Morgan fingerprint density at radius 2 is 2.06 bits per heavy atom. The van der Waals surface area contributed by atoms with Crippen LogP contribution in [0, 0.1) is 0 Å². The first-order valence-corrected chi connectivity index (χ1v) is 14.5. The summed E-state index contributed by atoms with van der Waals surface area (Å²) in [4.78, 5) is 12.6. The van der Waals surface area contributed by atoms with E-state index >= 15 is 0 Å². The minimum absolute atomic E-state index is 0.0666. The molecule has 10 nitrogen and oxygen atoms in total. The molecule has 0 saturated carbocycles. The van der Waals surface area contributed by atoms with Crippen LogP contribution in [0.25, 0.3) is 11.4 Å². The van der Waals surface area contributed by atoms with E-state index in [0.717, 1.165) is 25.9 Å². The van der Waals surface area contributed by atoms with Crippen LogP contribution in [0.15, 0.2) is 34.3 Å². The molecule has 2 aliphatic rings. The van der Waals surface area contributed by atoms with Crippen LogP contribution in [0.2, 0.25) is 0 Å². The first-order chi connectivity index (χ1) is 16.9. The molecule has 35 heavy (non-hydrogen) atoms. The molecule has 1 N–H and O–H groups in total. The summed E-state index contributed by atoms with van der Waals surface area (Å²) in [5.41, 5.74) is 0.668. The van der Waals surface area contributed by atoms with Crippen molar-refractivity contribution in [2.24, 2.45) is 0 Å². The smallest absolute Gasteiger partial charge is 0.243 e. The van der Waals surface area contributed by atoms with E-state index in [9.17, 15) is 13.2 Å². The lowest BCUT2D eigenvalue weighted by Crippen LogP contribution is -2.40. The highest BCUT2D eigenvalue weighted by Crippen LogP contribution is 2.30. The molecule has 2 aromatic rings. The van der Waals surface area contributed by atoms with Crippen LogP contribution < -0.4 is 5.32 Å². The Hall–Kier alpha value is -1.99. The molecule has 0 bridgehead atoms. The molecule has 2 saturated heterocycles. The normalized spacial score (nSPS) is 20.1. The molecular formula is C23H33N5O5S2. The van der Waals surface area contributed by atoms with Crippen molar-refractivity contribution in [2.75, 3.05) is 45.2 Å². The number of ether oxygens (including phenoxy) is 2. The molecule has 12 heteroatoms. The lowest BCUT2D eigenvalue weighted by atomic mass is 10.2. The Balaban J connectivity index is 1.51. The Bertz CT molecular complexity index is 1110. The fourth-order valence-electron chi connectivity index (χ4n) is 4.10. The van der Waals surface area contributed by atoms with E-state index in [1.807, 2.05) is 10.6 Å². The number of nitrogens with one attached hydrogen (secondary N) is 1. The predicted octanol–water partition coefficient (Wildman–Crippen LogP) is 2.32. The number of amides is 1. The molecule has 2 aliphatic heterocycles. The molecule has 0 aliphatic carbocycles. The van der Waals surface area contributed by atoms with Crippen LogP contribution >= 0.6 is 11.8 Å². The van der Waals surface area contributed by atoms with Crippen molar-refractivity contribution in [1.29, 1.82) is 0 Å². The van der Waals surface area contributed by atoms with Crippen LogP contribution in [-0.4, -0.2) is 84.7 Å². The van der Waals surface area contributed by atoms with Crippen molar-refractivity contribution in [3.05, 3.63) is 24.3 Å². The van der Waals surface area contributed by atoms with Crippen molar-refractivity contribution in [2.45, 2.75) is 55.3 Å². The quantitative estimate of drug-likeness (QED) is 0.472. The van der Waals surface area contributed by atoms with Gasteiger partial charge in [0, 0.05) is 37.8 Å². The molecule has 2 fully saturated rings. The van der Waals surface area contributed by atoms with E-state index in [0.29, 0.717) is 49.4 Å². The van der Waals surface area contributed by atoms with Gasteiger partial charge >= 0.3 is 0 Å². The van der Waals surface area contributed by atoms with Gasteiger partial charge in [-0.15, -0.1) is 10.2 Å². The maximum Gasteiger partial charge on any atom is 0.243 e. The molecule has 1 aromatic heterocycles. The van der Waals surface area contributed by atoms with Gasteiger partial charge in [-0.1, -0.05) is 30.8 Å². The standard InChI is InChI=1S/C23H33N5O5S2/c1-3-17(2)28-22(25-26-23(28)34-16-21(29)24-15-19-7-5-11-33-19)18-6-4-8-20(14-18)35(30,31)27-9-12-32-13-10-27/h4,6,8,14,17,19H,3,5,7,9-13,15-16H2,1-2H3,(H,24,29)/t17-,19-/m0/s1. The number of rotatable bonds is 10. The lowest BCUT2D eigenvalue weighted by Gasteiger charge is -2.26. The third-order valence-corrected chi connectivity index (χ3v) is 9.12. The highest BCUT2D eigenvalue weighted by molar-refractivity contribution is 7.99. The second-order valence-electron chi connectivity index (χ2n) is 8.71. The van der Waals surface area contributed by atoms with Gasteiger partial charge < -0.3 is 14.8 Å². The minimum Gasteiger partial charge on any atom is -0.379 e. The lowest BCUT2D eigenvalue weighted by molar-refractivity contribution is -0.119. The molecule has 1 aromatic carbocycles. The largest absolute Gasteiger partial charge is 0.379 e. The maximum absolute atomic E-state index is 13.2. The number of morpholine rings is 1. The zero-order valence-corrected chi connectivity index (χ0v) is 21.8. The highest BCUT2D eigenvalue weighted by atomic mass is 32.2. The van der Waals surface area contributed by atoms with E-state index in [-0.39, 0.29) is 28.7 Å². The summed E-state index contributed by atoms with van der Waals surface area (Å²) in [5.74, 6) is 0.720. The first-order valence-electron chi connectivity index (χ1n) is 12.0. The molecule has 2 atom stereocenters. The summed E-state index contributed by atoms with van der Waals surface area (Å²) in [6.45, 7) is 6.86. The van der Waals surface area contributed by atoms with Crippen LogP contribution in [0.3, 0.4) is 0 Å². The molecule has 0 radical (unpaired) electrons. The number of aromatic nitrogens is 3. The Morgan fingerprint density at radius 3 is 2.77 bits per heavy atom. The van der Waals surface area contributed by atoms with Gasteiger partial charge in [-0.05, 0) is 38.3 Å². The predicted molar refractivity (Wildman–Crippen MR) is 133 cm³/mol. The first kappa shape index (κ1) is 26.1. The van der Waals surface area contributed by atoms with Crippen LogP contribution in [-0.2, 0) is 24.3 Å². The van der Waals surface area contributed by atoms with Gasteiger partial charge in [-0.25, -0.2) is 8.42 Å². The zero-order valence-electron chi connectivity index (χ0n) is 20.2. The van der Waals surface area contributed by atoms with Crippen LogP contribution in [0.5, 0.6) is 0 Å². The number of hydrogen-bond acceptors (Lipinski definition) is 8. The van der Waals surface area contributed by atoms with Crippen molar-refractivity contribution >= 4 is 27.7 Å². The third kappa shape index (κ3) is 6.23. The molecule has 3 heterocycles. The van der Waals surface area contributed by atoms with Gasteiger partial charge in [0.15, 0.2) is 11.0 Å². The summed E-state index contributed by atoms with van der Waals surface area (Å²) in [7, 11) is -3.63. The van der Waals surface area contributed by atoms with E-state index in [4.69, 9.17) is 9.47 Å². The number of carbonyl (C=O) groups excluding carboxylic acids is 1. The zero-order chi connectivity index (χ0) is 24.8. The van der Waals surface area contributed by atoms with E-state index < -0.39 is 10.0 Å².